The van der Waals surface area contributed by atoms with Gasteiger partial charge < -0.3 is 0 Å². The van der Waals surface area contributed by atoms with E-state index in [4.69, 9.17) is 11.6 Å². The molecule has 84 valence electrons. The molecule has 0 atom stereocenters. The summed E-state index contributed by atoms with van der Waals surface area (Å²) in [6.45, 7) is 0. The number of hydrogen-bond acceptors (Lipinski definition) is 2. The maximum Gasteiger partial charge on any atom is 0.0737 e. The van der Waals surface area contributed by atoms with Gasteiger partial charge in [0.25, 0.3) is 0 Å². The van der Waals surface area contributed by atoms with Crippen molar-refractivity contribution < 1.29 is 0 Å². The fourth-order valence-electron chi connectivity index (χ4n) is 1.93. The molecule has 0 unspecified atom stereocenters. The van der Waals surface area contributed by atoms with E-state index in [1.54, 1.807) is 11.3 Å². The van der Waals surface area contributed by atoms with Crippen molar-refractivity contribution in [3.8, 4) is 0 Å². The highest BCUT2D eigenvalue weighted by Gasteiger charge is 2.06. The molecule has 0 aliphatic carbocycles. The van der Waals surface area contributed by atoms with Gasteiger partial charge in [-0.05, 0) is 23.1 Å². The topological polar surface area (TPSA) is 12.9 Å². The van der Waals surface area contributed by atoms with E-state index in [1.807, 2.05) is 23.7 Å². The van der Waals surface area contributed by atoms with Gasteiger partial charge >= 0.3 is 0 Å². The van der Waals surface area contributed by atoms with Crippen molar-refractivity contribution in [1.29, 1.82) is 0 Å². The number of nitrogens with zero attached hydrogens (tertiary/aromatic N) is 1. The van der Waals surface area contributed by atoms with Crippen molar-refractivity contribution >= 4 is 33.8 Å². The first-order valence-corrected chi connectivity index (χ1v) is 6.65. The van der Waals surface area contributed by atoms with Gasteiger partial charge in [0.05, 0.1) is 10.5 Å². The quantitative estimate of drug-likeness (QED) is 0.658. The van der Waals surface area contributed by atoms with E-state index < -0.39 is 0 Å². The third kappa shape index (κ3) is 2.06. The lowest BCUT2D eigenvalue weighted by Gasteiger charge is -2.04. The molecule has 0 saturated heterocycles. The molecule has 1 nitrogen and oxygen atoms in total. The van der Waals surface area contributed by atoms with Crippen LogP contribution in [-0.4, -0.2) is 4.98 Å². The number of hydrogen-bond donors (Lipinski definition) is 0. The summed E-state index contributed by atoms with van der Waals surface area (Å²) in [5.74, 6) is 0. The normalized spacial score (nSPS) is 10.9. The van der Waals surface area contributed by atoms with Crippen molar-refractivity contribution in [1.82, 2.24) is 4.98 Å². The van der Waals surface area contributed by atoms with Gasteiger partial charge in [0.2, 0.25) is 0 Å². The van der Waals surface area contributed by atoms with Gasteiger partial charge in [-0.15, -0.1) is 11.3 Å². The molecule has 2 aromatic heterocycles. The lowest BCUT2D eigenvalue weighted by atomic mass is 10.1. The van der Waals surface area contributed by atoms with E-state index in [0.29, 0.717) is 0 Å². The molecule has 0 spiro atoms. The third-order valence-electron chi connectivity index (χ3n) is 2.76. The molecule has 0 N–H and O–H groups in total. The van der Waals surface area contributed by atoms with Crippen LogP contribution < -0.4 is 0 Å². The molecule has 3 heteroatoms. The zero-order valence-corrected chi connectivity index (χ0v) is 10.6. The average Bonchev–Trinajstić information content (AvgIpc) is 2.76. The molecule has 0 aliphatic heterocycles. The summed E-state index contributed by atoms with van der Waals surface area (Å²) in [5.41, 5.74) is 2.30. The van der Waals surface area contributed by atoms with Crippen LogP contribution in [0.4, 0.5) is 0 Å². The Morgan fingerprint density at radius 1 is 1.12 bits per heavy atom. The van der Waals surface area contributed by atoms with Crippen LogP contribution in [0.3, 0.4) is 0 Å². The Kier molecular flexibility index (Phi) is 2.83. The van der Waals surface area contributed by atoms with E-state index >= 15 is 0 Å². The Morgan fingerprint density at radius 3 is 2.82 bits per heavy atom. The zero-order chi connectivity index (χ0) is 11.7. The van der Waals surface area contributed by atoms with Gasteiger partial charge in [0, 0.05) is 22.9 Å². The smallest absolute Gasteiger partial charge is 0.0737 e. The predicted octanol–water partition coefficient (Wildman–Crippen LogP) is 4.54. The summed E-state index contributed by atoms with van der Waals surface area (Å²) in [6, 6.07) is 12.3. The number of thiophene rings is 1. The van der Waals surface area contributed by atoms with E-state index in [2.05, 4.69) is 29.2 Å². The summed E-state index contributed by atoms with van der Waals surface area (Å²) >= 11 is 7.82. The Bertz CT molecular complexity index is 655. The zero-order valence-electron chi connectivity index (χ0n) is 9.06. The third-order valence-corrected chi connectivity index (χ3v) is 4.15. The molecule has 3 rings (SSSR count). The monoisotopic (exact) mass is 259 g/mol. The molecule has 3 aromatic rings. The number of aromatic nitrogens is 1. The molecular weight excluding hydrogens is 250 g/mol. The van der Waals surface area contributed by atoms with Gasteiger partial charge in [-0.1, -0.05) is 35.9 Å². The fraction of sp³-hybridized carbons (Fsp3) is 0.0714. The number of fused-ring (bicyclic) bond motifs is 1. The summed E-state index contributed by atoms with van der Waals surface area (Å²) in [4.78, 5) is 5.65. The van der Waals surface area contributed by atoms with Crippen molar-refractivity contribution in [2.24, 2.45) is 0 Å². The van der Waals surface area contributed by atoms with Crippen LogP contribution in [0.5, 0.6) is 0 Å². The molecular formula is C14H10ClNS. The van der Waals surface area contributed by atoms with Crippen LogP contribution in [0.15, 0.2) is 48.0 Å². The highest BCUT2D eigenvalue weighted by atomic mass is 35.5. The standard InChI is InChI=1S/C14H10ClNS/c15-12-6-8-17-13(12)9-11-4-1-3-10-5-2-7-16-14(10)11/h1-8H,9H2. The van der Waals surface area contributed by atoms with E-state index in [-0.39, 0.29) is 0 Å². The number of benzene rings is 1. The van der Waals surface area contributed by atoms with Gasteiger partial charge in [-0.2, -0.15) is 0 Å². The second-order valence-electron chi connectivity index (χ2n) is 3.86. The van der Waals surface area contributed by atoms with Crippen molar-refractivity contribution in [2.45, 2.75) is 6.42 Å². The lowest BCUT2D eigenvalue weighted by molar-refractivity contribution is 1.24. The Morgan fingerprint density at radius 2 is 2.00 bits per heavy atom. The molecule has 0 amide bonds. The van der Waals surface area contributed by atoms with Gasteiger partial charge in [-0.25, -0.2) is 0 Å². The lowest BCUT2D eigenvalue weighted by Crippen LogP contribution is -1.89. The summed E-state index contributed by atoms with van der Waals surface area (Å²) in [7, 11) is 0. The van der Waals surface area contributed by atoms with Crippen LogP contribution in [0.2, 0.25) is 5.02 Å². The largest absolute Gasteiger partial charge is 0.256 e. The van der Waals surface area contributed by atoms with Crippen molar-refractivity contribution in [3.05, 3.63) is 63.4 Å². The molecule has 0 bridgehead atoms. The minimum Gasteiger partial charge on any atom is -0.256 e. The molecule has 0 fully saturated rings. The van der Waals surface area contributed by atoms with Crippen LogP contribution in [0, 0.1) is 0 Å². The Labute approximate surface area is 109 Å². The Balaban J connectivity index is 2.09. The average molecular weight is 260 g/mol. The summed E-state index contributed by atoms with van der Waals surface area (Å²) in [5, 5.41) is 4.05. The first-order chi connectivity index (χ1) is 8.34. The van der Waals surface area contributed by atoms with Crippen molar-refractivity contribution in [3.63, 3.8) is 0 Å². The maximum absolute atomic E-state index is 6.13. The van der Waals surface area contributed by atoms with Gasteiger partial charge in [0.1, 0.15) is 0 Å². The summed E-state index contributed by atoms with van der Waals surface area (Å²) in [6.07, 6.45) is 2.69. The molecule has 0 radical (unpaired) electrons. The molecule has 17 heavy (non-hydrogen) atoms. The van der Waals surface area contributed by atoms with Gasteiger partial charge in [0.15, 0.2) is 0 Å². The molecule has 1 aromatic carbocycles. The predicted molar refractivity (Wildman–Crippen MR) is 73.9 cm³/mol. The van der Waals surface area contributed by atoms with Crippen LogP contribution in [-0.2, 0) is 6.42 Å². The minimum atomic E-state index is 0.850. The number of halogens is 1. The first kappa shape index (κ1) is 10.8. The van der Waals surface area contributed by atoms with Crippen LogP contribution in [0.25, 0.3) is 10.9 Å². The van der Waals surface area contributed by atoms with Crippen LogP contribution >= 0.6 is 22.9 Å². The number of para-hydroxylation sites is 1. The second kappa shape index (κ2) is 4.47. The van der Waals surface area contributed by atoms with E-state index in [0.717, 1.165) is 17.0 Å². The fourth-order valence-corrected chi connectivity index (χ4v) is 3.06. The number of rotatable bonds is 2. The van der Waals surface area contributed by atoms with E-state index in [1.165, 1.54) is 15.8 Å². The maximum atomic E-state index is 6.13. The molecule has 0 saturated carbocycles. The Hall–Kier alpha value is -1.38. The molecule has 0 aliphatic rings. The minimum absolute atomic E-state index is 0.850. The van der Waals surface area contributed by atoms with Crippen LogP contribution in [0.1, 0.15) is 10.4 Å². The highest BCUT2D eigenvalue weighted by Crippen LogP contribution is 2.27. The van der Waals surface area contributed by atoms with E-state index in [9.17, 15) is 0 Å². The number of pyridine rings is 1. The molecule has 2 heterocycles. The first-order valence-electron chi connectivity index (χ1n) is 5.39. The van der Waals surface area contributed by atoms with Gasteiger partial charge in [-0.3, -0.25) is 4.98 Å². The second-order valence-corrected chi connectivity index (χ2v) is 5.27. The van der Waals surface area contributed by atoms with Crippen molar-refractivity contribution in [2.75, 3.05) is 0 Å². The summed E-state index contributed by atoms with van der Waals surface area (Å²) < 4.78 is 0. The highest BCUT2D eigenvalue weighted by molar-refractivity contribution is 7.10. The SMILES string of the molecule is Clc1ccsc1Cc1cccc2cccnc12.